The highest BCUT2D eigenvalue weighted by atomic mass is 16.2. The zero-order valence-corrected chi connectivity index (χ0v) is 32.5. The number of unbranched alkanes of at least 4 members (excludes halogenated alkanes) is 9. The van der Waals surface area contributed by atoms with Crippen LogP contribution in [0.25, 0.3) is 0 Å². The van der Waals surface area contributed by atoms with E-state index in [2.05, 4.69) is 83.5 Å². The molecule has 0 aliphatic heterocycles. The molecule has 0 saturated heterocycles. The molecular formula is C42H75N3O3. The van der Waals surface area contributed by atoms with Crippen molar-refractivity contribution in [2.24, 2.45) is 17.8 Å². The molecular weight excluding hydrogens is 594 g/mol. The molecule has 0 bridgehead atoms. The van der Waals surface area contributed by atoms with E-state index in [0.29, 0.717) is 17.8 Å². The third kappa shape index (κ3) is 49.7. The summed E-state index contributed by atoms with van der Waals surface area (Å²) in [6.45, 7) is 21.2. The van der Waals surface area contributed by atoms with E-state index < -0.39 is 0 Å². The number of carbonyl (C=O) groups excluding carboxylic acids is 3. The third-order valence-electron chi connectivity index (χ3n) is 6.48. The summed E-state index contributed by atoms with van der Waals surface area (Å²) in [5, 5.41) is 8.54. The normalized spacial score (nSPS) is 11.8. The molecule has 0 aliphatic carbocycles. The minimum atomic E-state index is -0.00749. The molecule has 0 aromatic carbocycles. The van der Waals surface area contributed by atoms with Crippen molar-refractivity contribution in [1.29, 1.82) is 0 Å². The number of hydrogen-bond donors (Lipinski definition) is 3. The monoisotopic (exact) mass is 670 g/mol. The van der Waals surface area contributed by atoms with Crippen LogP contribution >= 0.6 is 0 Å². The van der Waals surface area contributed by atoms with E-state index in [1.165, 1.54) is 51.4 Å². The summed E-state index contributed by atoms with van der Waals surface area (Å²) in [7, 11) is 0. The van der Waals surface area contributed by atoms with Crippen molar-refractivity contribution in [3.05, 3.63) is 72.9 Å². The molecule has 0 aliphatic rings. The lowest BCUT2D eigenvalue weighted by atomic mass is 10.1. The van der Waals surface area contributed by atoms with Gasteiger partial charge in [0.05, 0.1) is 0 Å². The molecule has 0 saturated carbocycles. The van der Waals surface area contributed by atoms with Crippen molar-refractivity contribution in [3.8, 4) is 0 Å². The van der Waals surface area contributed by atoms with E-state index in [0.717, 1.165) is 45.3 Å². The van der Waals surface area contributed by atoms with Gasteiger partial charge in [-0.05, 0) is 75.4 Å². The van der Waals surface area contributed by atoms with Crippen molar-refractivity contribution >= 4 is 17.7 Å². The third-order valence-corrected chi connectivity index (χ3v) is 6.48. The molecule has 0 aromatic heterocycles. The van der Waals surface area contributed by atoms with Gasteiger partial charge >= 0.3 is 0 Å². The van der Waals surface area contributed by atoms with E-state index in [1.807, 2.05) is 49.5 Å². The fourth-order valence-corrected chi connectivity index (χ4v) is 3.65. The first-order valence-corrected chi connectivity index (χ1v) is 18.8. The number of hydrogen-bond acceptors (Lipinski definition) is 3. The number of nitrogens with one attached hydrogen (secondary N) is 3. The molecule has 48 heavy (non-hydrogen) atoms. The van der Waals surface area contributed by atoms with Gasteiger partial charge in [0.2, 0.25) is 17.7 Å². The van der Waals surface area contributed by atoms with Crippen LogP contribution in [0.1, 0.15) is 139 Å². The number of allylic oxidation sites excluding steroid dienone is 9. The van der Waals surface area contributed by atoms with Crippen LogP contribution in [0.2, 0.25) is 0 Å². The van der Waals surface area contributed by atoms with E-state index in [1.54, 1.807) is 18.2 Å². The molecule has 0 heterocycles. The zero-order chi connectivity index (χ0) is 36.7. The first-order chi connectivity index (χ1) is 23.0. The van der Waals surface area contributed by atoms with Crippen molar-refractivity contribution in [2.75, 3.05) is 19.6 Å². The maximum Gasteiger partial charge on any atom is 0.243 e. The van der Waals surface area contributed by atoms with Crippen LogP contribution in [0.15, 0.2) is 72.9 Å². The average Bonchev–Trinajstić information content (AvgIpc) is 3.04. The Labute approximate surface area is 297 Å². The van der Waals surface area contributed by atoms with Crippen LogP contribution in [-0.2, 0) is 14.4 Å². The lowest BCUT2D eigenvalue weighted by molar-refractivity contribution is -0.117. The number of amides is 3. The zero-order valence-electron chi connectivity index (χ0n) is 32.5. The Morgan fingerprint density at radius 3 is 1.33 bits per heavy atom. The Kier molecular flexibility index (Phi) is 41.1. The van der Waals surface area contributed by atoms with Crippen LogP contribution in [0, 0.1) is 17.8 Å². The van der Waals surface area contributed by atoms with E-state index in [9.17, 15) is 14.4 Å². The summed E-state index contributed by atoms with van der Waals surface area (Å²) >= 11 is 0. The highest BCUT2D eigenvalue weighted by Gasteiger charge is 1.98. The Balaban J connectivity index is -0.000000633. The highest BCUT2D eigenvalue weighted by Crippen LogP contribution is 2.05. The van der Waals surface area contributed by atoms with Gasteiger partial charge in [-0.15, -0.1) is 0 Å². The van der Waals surface area contributed by atoms with Crippen molar-refractivity contribution in [1.82, 2.24) is 16.0 Å². The molecule has 6 heteroatoms. The summed E-state index contributed by atoms with van der Waals surface area (Å²) < 4.78 is 0. The second-order valence-electron chi connectivity index (χ2n) is 13.2. The summed E-state index contributed by atoms with van der Waals surface area (Å²) in [6, 6.07) is 0. The Morgan fingerprint density at radius 1 is 0.458 bits per heavy atom. The molecule has 6 nitrogen and oxygen atoms in total. The predicted octanol–water partition coefficient (Wildman–Crippen LogP) is 10.4. The Bertz CT molecular complexity index is 924. The lowest BCUT2D eigenvalue weighted by Gasteiger charge is -2.04. The van der Waals surface area contributed by atoms with Gasteiger partial charge in [0.15, 0.2) is 0 Å². The van der Waals surface area contributed by atoms with Crippen LogP contribution < -0.4 is 16.0 Å². The van der Waals surface area contributed by atoms with E-state index in [-0.39, 0.29) is 17.7 Å². The molecule has 3 amide bonds. The van der Waals surface area contributed by atoms with Crippen LogP contribution in [-0.4, -0.2) is 37.4 Å². The molecule has 3 N–H and O–H groups in total. The van der Waals surface area contributed by atoms with E-state index in [4.69, 9.17) is 0 Å². The molecule has 0 spiro atoms. The topological polar surface area (TPSA) is 87.3 Å². The maximum absolute atomic E-state index is 11.3. The first-order valence-electron chi connectivity index (χ1n) is 18.8. The molecule has 0 atom stereocenters. The molecule has 0 radical (unpaired) electrons. The second kappa shape index (κ2) is 40.0. The largest absolute Gasteiger partial charge is 0.352 e. The van der Waals surface area contributed by atoms with Gasteiger partial charge in [-0.3, -0.25) is 14.4 Å². The van der Waals surface area contributed by atoms with Gasteiger partial charge in [0, 0.05) is 25.7 Å². The fourth-order valence-electron chi connectivity index (χ4n) is 3.65. The summed E-state index contributed by atoms with van der Waals surface area (Å²) in [4.78, 5) is 33.8. The molecule has 0 rings (SSSR count). The van der Waals surface area contributed by atoms with Crippen molar-refractivity contribution in [2.45, 2.75) is 139 Å². The van der Waals surface area contributed by atoms with Gasteiger partial charge in [-0.25, -0.2) is 0 Å². The summed E-state index contributed by atoms with van der Waals surface area (Å²) in [5.74, 6) is 1.56. The minimum absolute atomic E-state index is 0.00568. The average molecular weight is 670 g/mol. The lowest BCUT2D eigenvalue weighted by Crippen LogP contribution is -2.25. The van der Waals surface area contributed by atoms with Gasteiger partial charge in [-0.1, -0.05) is 149 Å². The number of carbonyl (C=O) groups is 3. The maximum atomic E-state index is 11.3. The SMILES string of the molecule is C/C=C/C=C\CC/C=C/C(=O)NCC(C)C.CCCCC/C=C/C=C/C(=O)NCC(C)C.CCCCCCC/C=C/C(=O)NCC(C)C. The summed E-state index contributed by atoms with van der Waals surface area (Å²) in [6.07, 6.45) is 36.9. The van der Waals surface area contributed by atoms with Gasteiger partial charge in [0.25, 0.3) is 0 Å². The van der Waals surface area contributed by atoms with E-state index >= 15 is 0 Å². The molecule has 0 fully saturated rings. The number of rotatable bonds is 24. The Morgan fingerprint density at radius 2 is 0.833 bits per heavy atom. The van der Waals surface area contributed by atoms with Crippen LogP contribution in [0.4, 0.5) is 0 Å². The van der Waals surface area contributed by atoms with Crippen molar-refractivity contribution < 1.29 is 14.4 Å². The molecule has 0 unspecified atom stereocenters. The Hall–Kier alpha value is -3.15. The van der Waals surface area contributed by atoms with Crippen LogP contribution in [0.5, 0.6) is 0 Å². The predicted molar refractivity (Wildman–Crippen MR) is 211 cm³/mol. The fraction of sp³-hybridized carbons (Fsp3) is 0.643. The second-order valence-corrected chi connectivity index (χ2v) is 13.2. The summed E-state index contributed by atoms with van der Waals surface area (Å²) in [5.41, 5.74) is 0. The standard InChI is InChI=1S/C14H27NO.C14H25NO.C14H23NO/c3*1-4-5-6-7-8-9-10-11-14(16)15-12-13(2)3/h10-11,13H,4-9,12H2,1-3H3,(H,15,16);8-11,13H,4-7,12H2,1-3H3,(H,15,16);4-7,10-11,13H,8-9,12H2,1-3H3,(H,15,16)/b11-10+;9-8+,11-10+;5-4+,7-6-,11-10+. The van der Waals surface area contributed by atoms with Crippen LogP contribution in [0.3, 0.4) is 0 Å². The first kappa shape index (κ1) is 49.2. The highest BCUT2D eigenvalue weighted by molar-refractivity contribution is 5.88. The van der Waals surface area contributed by atoms with Gasteiger partial charge < -0.3 is 16.0 Å². The van der Waals surface area contributed by atoms with Gasteiger partial charge in [0.1, 0.15) is 0 Å². The molecule has 276 valence electrons. The quantitative estimate of drug-likeness (QED) is 0.0543. The smallest absolute Gasteiger partial charge is 0.243 e. The van der Waals surface area contributed by atoms with Crippen molar-refractivity contribution in [3.63, 3.8) is 0 Å². The molecule has 0 aromatic rings. The minimum Gasteiger partial charge on any atom is -0.352 e. The van der Waals surface area contributed by atoms with Gasteiger partial charge in [-0.2, -0.15) is 0 Å².